The van der Waals surface area contributed by atoms with Crippen molar-refractivity contribution in [1.29, 1.82) is 0 Å². The first-order valence-corrected chi connectivity index (χ1v) is 6.80. The van der Waals surface area contributed by atoms with Crippen molar-refractivity contribution in [2.45, 2.75) is 44.4 Å². The number of benzene rings is 1. The maximum atomic E-state index is 11.8. The fourth-order valence-electron chi connectivity index (χ4n) is 2.91. The monoisotopic (exact) mass is 247 g/mol. The van der Waals surface area contributed by atoms with Gasteiger partial charge in [0.05, 0.1) is 5.92 Å². The third-order valence-electron chi connectivity index (χ3n) is 3.92. The van der Waals surface area contributed by atoms with Crippen molar-refractivity contribution < 1.29 is 10.0 Å². The lowest BCUT2D eigenvalue weighted by molar-refractivity contribution is -0.131. The zero-order valence-corrected chi connectivity index (χ0v) is 10.6. The first-order valence-electron chi connectivity index (χ1n) is 6.80. The van der Waals surface area contributed by atoms with Gasteiger partial charge in [-0.2, -0.15) is 0 Å². The van der Waals surface area contributed by atoms with Gasteiger partial charge in [0, 0.05) is 0 Å². The first kappa shape index (κ1) is 13.1. The number of hydrogen-bond donors (Lipinski definition) is 2. The summed E-state index contributed by atoms with van der Waals surface area (Å²) < 4.78 is 0. The molecule has 0 aromatic heterocycles. The molecule has 98 valence electrons. The predicted molar refractivity (Wildman–Crippen MR) is 70.3 cm³/mol. The van der Waals surface area contributed by atoms with Gasteiger partial charge in [0.25, 0.3) is 5.91 Å². The largest absolute Gasteiger partial charge is 0.289 e. The van der Waals surface area contributed by atoms with Crippen LogP contribution in [0.3, 0.4) is 0 Å². The van der Waals surface area contributed by atoms with Crippen LogP contribution < -0.4 is 5.48 Å². The van der Waals surface area contributed by atoms with Gasteiger partial charge >= 0.3 is 0 Å². The minimum atomic E-state index is -0.285. The van der Waals surface area contributed by atoms with Crippen LogP contribution >= 0.6 is 0 Å². The van der Waals surface area contributed by atoms with Gasteiger partial charge in [-0.3, -0.25) is 10.0 Å². The third kappa shape index (κ3) is 3.33. The first-order chi connectivity index (χ1) is 8.81. The van der Waals surface area contributed by atoms with Crippen molar-refractivity contribution in [3.63, 3.8) is 0 Å². The van der Waals surface area contributed by atoms with E-state index in [2.05, 4.69) is 0 Å². The van der Waals surface area contributed by atoms with Crippen molar-refractivity contribution in [1.82, 2.24) is 5.48 Å². The molecule has 1 aliphatic rings. The van der Waals surface area contributed by atoms with Gasteiger partial charge in [0.2, 0.25) is 0 Å². The molecule has 1 amide bonds. The minimum absolute atomic E-state index is 0.223. The number of nitrogens with one attached hydrogen (secondary N) is 1. The molecule has 1 unspecified atom stereocenters. The Morgan fingerprint density at radius 2 is 1.89 bits per heavy atom. The summed E-state index contributed by atoms with van der Waals surface area (Å²) in [6.07, 6.45) is 7.12. The molecule has 2 rings (SSSR count). The molecule has 1 fully saturated rings. The highest BCUT2D eigenvalue weighted by atomic mass is 16.5. The van der Waals surface area contributed by atoms with Crippen LogP contribution in [-0.4, -0.2) is 11.1 Å². The number of hydroxylamine groups is 1. The Morgan fingerprint density at radius 3 is 2.50 bits per heavy atom. The van der Waals surface area contributed by atoms with Gasteiger partial charge in [0.15, 0.2) is 0 Å². The summed E-state index contributed by atoms with van der Waals surface area (Å²) in [5, 5.41) is 8.90. The van der Waals surface area contributed by atoms with Crippen LogP contribution in [0.2, 0.25) is 0 Å². The molecule has 1 aromatic rings. The quantitative estimate of drug-likeness (QED) is 0.634. The molecular weight excluding hydrogens is 226 g/mol. The van der Waals surface area contributed by atoms with Crippen molar-refractivity contribution >= 4 is 5.91 Å². The fourth-order valence-corrected chi connectivity index (χ4v) is 2.91. The zero-order valence-electron chi connectivity index (χ0n) is 10.6. The molecule has 1 aliphatic carbocycles. The standard InChI is InChI=1S/C15H21NO2/c17-15(16-18)14(13-9-5-2-6-10-13)11-12-7-3-1-4-8-12/h2,5-6,9-10,12,14,18H,1,3-4,7-8,11H2,(H,16,17). The van der Waals surface area contributed by atoms with Crippen LogP contribution in [0, 0.1) is 5.92 Å². The molecule has 1 aromatic carbocycles. The molecule has 1 saturated carbocycles. The minimum Gasteiger partial charge on any atom is -0.289 e. The summed E-state index contributed by atoms with van der Waals surface area (Å²) >= 11 is 0. The topological polar surface area (TPSA) is 49.3 Å². The van der Waals surface area contributed by atoms with E-state index in [0.29, 0.717) is 5.92 Å². The van der Waals surface area contributed by atoms with Gasteiger partial charge in [-0.1, -0.05) is 62.4 Å². The molecule has 0 bridgehead atoms. The maximum absolute atomic E-state index is 11.8. The lowest BCUT2D eigenvalue weighted by Gasteiger charge is -2.25. The lowest BCUT2D eigenvalue weighted by Crippen LogP contribution is -2.28. The number of amides is 1. The Kier molecular flexibility index (Phi) is 4.76. The number of carbonyl (C=O) groups is 1. The van der Waals surface area contributed by atoms with Gasteiger partial charge in [0.1, 0.15) is 0 Å². The molecule has 1 atom stereocenters. The SMILES string of the molecule is O=C(NO)C(CC1CCCCC1)c1ccccc1. The Labute approximate surface area is 108 Å². The number of carbonyl (C=O) groups excluding carboxylic acids is 1. The molecule has 2 N–H and O–H groups in total. The van der Waals surface area contributed by atoms with Crippen LogP contribution in [0.1, 0.15) is 50.0 Å². The van der Waals surface area contributed by atoms with Crippen LogP contribution in [0.4, 0.5) is 0 Å². The molecule has 0 spiro atoms. The summed E-state index contributed by atoms with van der Waals surface area (Å²) in [7, 11) is 0. The van der Waals surface area contributed by atoms with E-state index in [1.807, 2.05) is 35.8 Å². The van der Waals surface area contributed by atoms with E-state index in [-0.39, 0.29) is 11.8 Å². The molecule has 3 heteroatoms. The lowest BCUT2D eigenvalue weighted by atomic mass is 9.80. The van der Waals surface area contributed by atoms with E-state index in [9.17, 15) is 4.79 Å². The second kappa shape index (κ2) is 6.55. The highest BCUT2D eigenvalue weighted by Crippen LogP contribution is 2.33. The summed E-state index contributed by atoms with van der Waals surface area (Å²) in [6.45, 7) is 0. The van der Waals surface area contributed by atoms with E-state index in [4.69, 9.17) is 5.21 Å². The fraction of sp³-hybridized carbons (Fsp3) is 0.533. The van der Waals surface area contributed by atoms with Crippen LogP contribution in [-0.2, 0) is 4.79 Å². The van der Waals surface area contributed by atoms with E-state index in [0.717, 1.165) is 12.0 Å². The van der Waals surface area contributed by atoms with Crippen LogP contribution in [0.5, 0.6) is 0 Å². The van der Waals surface area contributed by atoms with Crippen molar-refractivity contribution in [3.8, 4) is 0 Å². The highest BCUT2D eigenvalue weighted by Gasteiger charge is 2.25. The Bertz CT molecular complexity index is 371. The van der Waals surface area contributed by atoms with Gasteiger partial charge in [-0.15, -0.1) is 0 Å². The Balaban J connectivity index is 2.07. The zero-order chi connectivity index (χ0) is 12.8. The Hall–Kier alpha value is -1.35. The molecule has 0 saturated heterocycles. The third-order valence-corrected chi connectivity index (χ3v) is 3.92. The van der Waals surface area contributed by atoms with E-state index in [1.165, 1.54) is 32.1 Å². The van der Waals surface area contributed by atoms with Crippen molar-refractivity contribution in [3.05, 3.63) is 35.9 Å². The molecule has 3 nitrogen and oxygen atoms in total. The highest BCUT2D eigenvalue weighted by molar-refractivity contribution is 5.82. The summed E-state index contributed by atoms with van der Waals surface area (Å²) in [5.41, 5.74) is 2.81. The summed E-state index contributed by atoms with van der Waals surface area (Å²) in [5.74, 6) is 0.104. The van der Waals surface area contributed by atoms with Gasteiger partial charge in [-0.05, 0) is 17.9 Å². The number of rotatable bonds is 4. The second-order valence-electron chi connectivity index (χ2n) is 5.18. The number of hydrogen-bond acceptors (Lipinski definition) is 2. The smallest absolute Gasteiger partial charge is 0.250 e. The summed E-state index contributed by atoms with van der Waals surface area (Å²) in [4.78, 5) is 11.8. The average molecular weight is 247 g/mol. The molecule has 18 heavy (non-hydrogen) atoms. The van der Waals surface area contributed by atoms with Gasteiger partial charge in [-0.25, -0.2) is 5.48 Å². The van der Waals surface area contributed by atoms with Crippen LogP contribution in [0.15, 0.2) is 30.3 Å². The maximum Gasteiger partial charge on any atom is 0.250 e. The molecule has 0 aliphatic heterocycles. The Morgan fingerprint density at radius 1 is 1.22 bits per heavy atom. The molecule has 0 heterocycles. The normalized spacial score (nSPS) is 18.3. The van der Waals surface area contributed by atoms with Crippen molar-refractivity contribution in [2.75, 3.05) is 0 Å². The van der Waals surface area contributed by atoms with E-state index >= 15 is 0 Å². The van der Waals surface area contributed by atoms with Gasteiger partial charge < -0.3 is 0 Å². The van der Waals surface area contributed by atoms with Crippen LogP contribution in [0.25, 0.3) is 0 Å². The van der Waals surface area contributed by atoms with E-state index < -0.39 is 0 Å². The second-order valence-corrected chi connectivity index (χ2v) is 5.18. The molecule has 0 radical (unpaired) electrons. The molecular formula is C15H21NO2. The average Bonchev–Trinajstić information content (AvgIpc) is 2.46. The predicted octanol–water partition coefficient (Wildman–Crippen LogP) is 3.25. The van der Waals surface area contributed by atoms with Crippen molar-refractivity contribution in [2.24, 2.45) is 5.92 Å². The van der Waals surface area contributed by atoms with E-state index in [1.54, 1.807) is 0 Å². The summed E-state index contributed by atoms with van der Waals surface area (Å²) in [6, 6.07) is 9.74.